The smallest absolute Gasteiger partial charge is 0.0993 e. The van der Waals surface area contributed by atoms with Crippen LogP contribution < -0.4 is 16.2 Å². The van der Waals surface area contributed by atoms with E-state index >= 15 is 0 Å². The fraction of sp³-hybridized carbons (Fsp3) is 0.450. The van der Waals surface area contributed by atoms with Crippen molar-refractivity contribution in [1.82, 2.24) is 0 Å². The predicted molar refractivity (Wildman–Crippen MR) is 248 cm³/mol. The second-order valence-electron chi connectivity index (χ2n) is 15.6. The fourth-order valence-electron chi connectivity index (χ4n) is 10.8. The molecule has 2 N–H and O–H groups in total. The molecule has 268 valence electrons. The lowest BCUT2D eigenvalue weighted by Gasteiger charge is -2.49. The minimum absolute atomic E-state index is 0.0399. The van der Waals surface area contributed by atoms with Crippen molar-refractivity contribution < 1.29 is 0 Å². The maximum atomic E-state index is 6.78. The van der Waals surface area contributed by atoms with Crippen molar-refractivity contribution in [2.45, 2.75) is 95.3 Å². The van der Waals surface area contributed by atoms with Crippen molar-refractivity contribution in [2.75, 3.05) is 5.08 Å². The third-order valence-corrected chi connectivity index (χ3v) is 26.6. The number of fused-ring (bicyclic) bond motifs is 5. The summed E-state index contributed by atoms with van der Waals surface area (Å²) in [6.07, 6.45) is 10.4. The van der Waals surface area contributed by atoms with Crippen LogP contribution in [0, 0.1) is 19.8 Å². The number of thioether (sulfide) groups is 4. The van der Waals surface area contributed by atoms with Crippen molar-refractivity contribution in [1.29, 1.82) is 0 Å². The second kappa shape index (κ2) is 11.5. The summed E-state index contributed by atoms with van der Waals surface area (Å²) in [6.45, 7) is 18.7. The Kier molecular flexibility index (Phi) is 7.75. The van der Waals surface area contributed by atoms with Gasteiger partial charge in [-0.25, -0.2) is 0 Å². The first-order valence-corrected chi connectivity index (χ1v) is 27.3. The SMILES string of the molecule is C/C=C1\c2c(C)c3c4c5c(c(C)c6c(c25)[C@]2(C=C5C=6N=C(C)[C@@]6(C)S[C@@H](N)S[C@@H]56)SCS[C@H]12)[C@]1(C=C4[C@H](SS)C2C=C(C)C(C)=NC=32)SSS[C@@H]1C. The first-order valence-electron chi connectivity index (χ1n) is 17.9. The van der Waals surface area contributed by atoms with E-state index in [9.17, 15) is 0 Å². The molecule has 9 atom stereocenters. The molecule has 52 heavy (non-hydrogen) atoms. The van der Waals surface area contributed by atoms with Crippen molar-refractivity contribution in [2.24, 2.45) is 21.6 Å². The average Bonchev–Trinajstić information content (AvgIpc) is 3.79. The molecule has 0 bridgehead atoms. The number of nitrogens with zero attached hydrogens (tertiary/aromatic N) is 2. The van der Waals surface area contributed by atoms with E-state index in [1.165, 1.54) is 94.0 Å². The van der Waals surface area contributed by atoms with Crippen LogP contribution in [-0.2, 0) is 9.49 Å². The maximum absolute atomic E-state index is 6.78. The van der Waals surface area contributed by atoms with Gasteiger partial charge >= 0.3 is 0 Å². The van der Waals surface area contributed by atoms with Crippen LogP contribution in [0.5, 0.6) is 0 Å². The zero-order valence-electron chi connectivity index (χ0n) is 30.2. The van der Waals surface area contributed by atoms with Gasteiger partial charge < -0.3 is 5.73 Å². The van der Waals surface area contributed by atoms with Gasteiger partial charge in [-0.15, -0.1) is 58.7 Å². The Hall–Kier alpha value is -0.150. The summed E-state index contributed by atoms with van der Waals surface area (Å²) in [6, 6.07) is 0. The van der Waals surface area contributed by atoms with Crippen molar-refractivity contribution in [3.05, 3.63) is 79.3 Å². The molecule has 5 heterocycles. The number of hydrogen-bond donors (Lipinski definition) is 2. The van der Waals surface area contributed by atoms with E-state index in [1.54, 1.807) is 10.8 Å². The first kappa shape index (κ1) is 35.0. The Morgan fingerprint density at radius 2 is 1.73 bits per heavy atom. The van der Waals surface area contributed by atoms with Gasteiger partial charge in [0, 0.05) is 38.1 Å². The summed E-state index contributed by atoms with van der Waals surface area (Å²) in [4.78, 5) is 11.2. The molecule has 1 unspecified atom stereocenters. The summed E-state index contributed by atoms with van der Waals surface area (Å²) in [5.74, 6) is 0.184. The molecular weight excluding hydrogens is 811 g/mol. The van der Waals surface area contributed by atoms with Gasteiger partial charge in [-0.2, -0.15) is 0 Å². The molecule has 3 fully saturated rings. The topological polar surface area (TPSA) is 50.7 Å². The Morgan fingerprint density at radius 3 is 2.46 bits per heavy atom. The summed E-state index contributed by atoms with van der Waals surface area (Å²) in [5.41, 5.74) is 26.0. The monoisotopic (exact) mass is 849 g/mol. The molecular formula is C40H39N3S9. The molecule has 11 rings (SSSR count). The summed E-state index contributed by atoms with van der Waals surface area (Å²) in [7, 11) is 7.81. The van der Waals surface area contributed by atoms with E-state index in [0.29, 0.717) is 10.5 Å². The summed E-state index contributed by atoms with van der Waals surface area (Å²) < 4.78 is -0.435. The molecule has 3 nitrogen and oxygen atoms in total. The molecule has 0 saturated carbocycles. The molecule has 2 spiro atoms. The van der Waals surface area contributed by atoms with Crippen LogP contribution in [0.15, 0.2) is 45.4 Å². The van der Waals surface area contributed by atoms with Crippen molar-refractivity contribution in [3.63, 3.8) is 0 Å². The van der Waals surface area contributed by atoms with Gasteiger partial charge in [0.15, 0.2) is 0 Å². The zero-order chi connectivity index (χ0) is 36.0. The largest absolute Gasteiger partial charge is 0.311 e. The molecule has 12 heteroatoms. The second-order valence-corrected chi connectivity index (χ2v) is 27.4. The van der Waals surface area contributed by atoms with E-state index in [0.717, 1.165) is 10.8 Å². The number of hydrogen-bond acceptors (Lipinski definition) is 12. The van der Waals surface area contributed by atoms with Gasteiger partial charge in [0.05, 0.1) is 46.1 Å². The molecule has 2 aromatic rings. The predicted octanol–water partition coefficient (Wildman–Crippen LogP) is 10.4. The first-order chi connectivity index (χ1) is 24.9. The average molecular weight is 850 g/mol. The van der Waals surface area contributed by atoms with E-state index in [-0.39, 0.29) is 35.4 Å². The Labute approximate surface area is 343 Å². The van der Waals surface area contributed by atoms with Crippen LogP contribution in [0.1, 0.15) is 74.9 Å². The van der Waals surface area contributed by atoms with Crippen LogP contribution in [0.3, 0.4) is 0 Å². The molecule has 0 aromatic heterocycles. The Balaban J connectivity index is 1.43. The highest BCUT2D eigenvalue weighted by Crippen LogP contribution is 2.71. The van der Waals surface area contributed by atoms with Crippen molar-refractivity contribution in [3.8, 4) is 0 Å². The van der Waals surface area contributed by atoms with Crippen LogP contribution in [0.25, 0.3) is 33.3 Å². The number of thiol groups is 1. The van der Waals surface area contributed by atoms with Gasteiger partial charge in [-0.05, 0) is 125 Å². The standard InChI is InChI=1S/C40H39N3S9/c1-9-20-24-15(3)25-27-22(34(49-44)21-10-14(2)17(5)42-32(21)25)11-39(19(7)50-52-51-39)30-16(4)26-31(28(24)29(27)30)40(36(20)45-13-46-40)12-23-33(26)43-18(6)38(8)35(23)47-37(41)48-38/h9-12,19,21,34-37,44H,13,41H2,1-8H3/b20-9+/t19-,21?,34-,35+,36-,37+,38-,39-,40+/m1/s1. The molecule has 0 radical (unpaired) electrons. The summed E-state index contributed by atoms with van der Waals surface area (Å²) >= 11 is 13.2. The fourth-order valence-corrected chi connectivity index (χ4v) is 25.8. The molecule has 4 aliphatic carbocycles. The van der Waals surface area contributed by atoms with Gasteiger partial charge in [0.1, 0.15) is 0 Å². The minimum Gasteiger partial charge on any atom is -0.311 e. The Bertz CT molecular complexity index is 2480. The number of nitrogens with two attached hydrogens (primary N) is 1. The highest BCUT2D eigenvalue weighted by atomic mass is 33.5. The quantitative estimate of drug-likeness (QED) is 0.216. The van der Waals surface area contributed by atoms with Crippen LogP contribution in [-0.4, -0.2) is 47.0 Å². The van der Waals surface area contributed by atoms with Crippen LogP contribution in [0.4, 0.5) is 0 Å². The van der Waals surface area contributed by atoms with Gasteiger partial charge in [0.25, 0.3) is 0 Å². The van der Waals surface area contributed by atoms with E-state index in [4.69, 9.17) is 27.4 Å². The number of dihydropyridines is 1. The number of rotatable bonds is 1. The molecule has 3 saturated heterocycles. The van der Waals surface area contributed by atoms with Gasteiger partial charge in [-0.1, -0.05) is 63.6 Å². The normalized spacial score (nSPS) is 39.6. The number of aliphatic imine (C=N–C) groups is 2. The highest BCUT2D eigenvalue weighted by molar-refractivity contribution is 9.11. The molecule has 0 amide bonds. The van der Waals surface area contributed by atoms with E-state index in [2.05, 4.69) is 114 Å². The lowest BCUT2D eigenvalue weighted by Crippen LogP contribution is -2.50. The molecule has 2 aromatic carbocycles. The zero-order valence-corrected chi connectivity index (χ0v) is 37.6. The molecule has 5 aliphatic heterocycles. The highest BCUT2D eigenvalue weighted by Gasteiger charge is 2.60. The third kappa shape index (κ3) is 3.98. The lowest BCUT2D eigenvalue weighted by molar-refractivity contribution is 0.735. The van der Waals surface area contributed by atoms with E-state index in [1.807, 2.05) is 44.1 Å². The minimum atomic E-state index is -0.186. The number of benzene rings is 2. The van der Waals surface area contributed by atoms with Crippen LogP contribution in [0.2, 0.25) is 0 Å². The van der Waals surface area contributed by atoms with Crippen LogP contribution >= 0.6 is 101 Å². The lowest BCUT2D eigenvalue weighted by atomic mass is 9.63. The van der Waals surface area contributed by atoms with Gasteiger partial charge in [-0.3, -0.25) is 9.98 Å². The Morgan fingerprint density at radius 1 is 0.962 bits per heavy atom. The summed E-state index contributed by atoms with van der Waals surface area (Å²) in [5, 5.41) is 8.02. The maximum Gasteiger partial charge on any atom is 0.0993 e. The van der Waals surface area contributed by atoms with Gasteiger partial charge in [0.2, 0.25) is 0 Å². The van der Waals surface area contributed by atoms with E-state index < -0.39 is 0 Å². The third-order valence-electron chi connectivity index (χ3n) is 13.4. The number of allylic oxidation sites excluding steroid dienone is 2. The van der Waals surface area contributed by atoms with Crippen molar-refractivity contribution >= 4 is 146 Å². The molecule has 9 aliphatic rings.